The Labute approximate surface area is 69.8 Å². The van der Waals surface area contributed by atoms with Gasteiger partial charge in [-0.25, -0.2) is 0 Å². The topological polar surface area (TPSA) is 27.0 Å². The van der Waals surface area contributed by atoms with Gasteiger partial charge in [-0.1, -0.05) is 32.6 Å². The molecule has 0 aliphatic carbocycles. The summed E-state index contributed by atoms with van der Waals surface area (Å²) in [6.07, 6.45) is 8.44. The molecule has 0 fully saturated rings. The third-order valence-electron chi connectivity index (χ3n) is 1.77. The lowest BCUT2D eigenvalue weighted by Gasteiger charge is -2.06. The maximum atomic E-state index is 8.41. The van der Waals surface area contributed by atoms with E-state index in [9.17, 15) is 0 Å². The van der Waals surface area contributed by atoms with Crippen LogP contribution in [-0.4, -0.2) is 18.5 Å². The van der Waals surface area contributed by atoms with Gasteiger partial charge in [-0.2, -0.15) is 5.26 Å². The molecule has 0 aliphatic rings. The Morgan fingerprint density at radius 3 is 2.36 bits per heavy atom. The largest absolute Gasteiger partial charge is 0.314 e. The van der Waals surface area contributed by atoms with E-state index in [0.717, 1.165) is 13.0 Å². The van der Waals surface area contributed by atoms with Crippen molar-refractivity contribution < 1.29 is 0 Å². The number of unbranched alkanes of at least 4 members (excludes halogenated alkanes) is 4. The fourth-order valence-corrected chi connectivity index (χ4v) is 1.00. The second-order valence-electron chi connectivity index (χ2n) is 2.94. The van der Waals surface area contributed by atoms with Crippen LogP contribution < -0.4 is 0 Å². The maximum Gasteiger partial charge on any atom is 0.179 e. The molecule has 2 heteroatoms. The van der Waals surface area contributed by atoms with Crippen molar-refractivity contribution in [2.45, 2.75) is 39.0 Å². The van der Waals surface area contributed by atoms with Gasteiger partial charge >= 0.3 is 0 Å². The molecule has 0 unspecified atom stereocenters. The first-order valence-corrected chi connectivity index (χ1v) is 4.42. The van der Waals surface area contributed by atoms with Crippen molar-refractivity contribution >= 4 is 0 Å². The minimum Gasteiger partial charge on any atom is -0.314 e. The molecule has 11 heavy (non-hydrogen) atoms. The molecule has 0 aliphatic heterocycles. The highest BCUT2D eigenvalue weighted by atomic mass is 15.1. The summed E-state index contributed by atoms with van der Waals surface area (Å²) >= 11 is 0. The van der Waals surface area contributed by atoms with Crippen LogP contribution in [0.25, 0.3) is 0 Å². The smallest absolute Gasteiger partial charge is 0.179 e. The predicted molar refractivity (Wildman–Crippen MR) is 47.0 cm³/mol. The summed E-state index contributed by atoms with van der Waals surface area (Å²) in [4.78, 5) is 1.69. The monoisotopic (exact) mass is 154 g/mol. The molecule has 0 bridgehead atoms. The average molecular weight is 154 g/mol. The molecule has 0 aromatic rings. The Morgan fingerprint density at radius 2 is 1.82 bits per heavy atom. The van der Waals surface area contributed by atoms with E-state index < -0.39 is 0 Å². The molecule has 2 nitrogen and oxygen atoms in total. The first-order chi connectivity index (χ1) is 5.31. The van der Waals surface area contributed by atoms with Crippen molar-refractivity contribution in [1.82, 2.24) is 4.90 Å². The van der Waals surface area contributed by atoms with Crippen molar-refractivity contribution in [1.29, 1.82) is 5.26 Å². The molecule has 0 aromatic carbocycles. The van der Waals surface area contributed by atoms with E-state index in [-0.39, 0.29) is 0 Å². The van der Waals surface area contributed by atoms with Crippen LogP contribution >= 0.6 is 0 Å². The SMILES string of the molecule is CCCCCCCN(C)C#N. The zero-order chi connectivity index (χ0) is 8.53. The molecular formula is C9H18N2. The van der Waals surface area contributed by atoms with Gasteiger partial charge in [0.2, 0.25) is 0 Å². The minimum absolute atomic E-state index is 0.917. The molecule has 0 radical (unpaired) electrons. The summed E-state index contributed by atoms with van der Waals surface area (Å²) in [6.45, 7) is 3.13. The zero-order valence-electron chi connectivity index (χ0n) is 7.64. The second kappa shape index (κ2) is 7.40. The van der Waals surface area contributed by atoms with E-state index in [1.54, 1.807) is 4.90 Å². The first kappa shape index (κ1) is 10.3. The van der Waals surface area contributed by atoms with Gasteiger partial charge in [0.15, 0.2) is 6.19 Å². The third kappa shape index (κ3) is 7.18. The lowest BCUT2D eigenvalue weighted by molar-refractivity contribution is 0.444. The Balaban J connectivity index is 2.97. The number of hydrogen-bond donors (Lipinski definition) is 0. The van der Waals surface area contributed by atoms with Gasteiger partial charge in [0.05, 0.1) is 0 Å². The zero-order valence-corrected chi connectivity index (χ0v) is 7.64. The van der Waals surface area contributed by atoms with Gasteiger partial charge in [-0.15, -0.1) is 0 Å². The molecular weight excluding hydrogens is 136 g/mol. The van der Waals surface area contributed by atoms with Crippen LogP contribution in [0.4, 0.5) is 0 Å². The highest BCUT2D eigenvalue weighted by Crippen LogP contribution is 2.02. The van der Waals surface area contributed by atoms with Crippen molar-refractivity contribution in [3.05, 3.63) is 0 Å². The van der Waals surface area contributed by atoms with Crippen LogP contribution in [0.3, 0.4) is 0 Å². The van der Waals surface area contributed by atoms with Gasteiger partial charge in [0, 0.05) is 13.6 Å². The molecule has 0 spiro atoms. The van der Waals surface area contributed by atoms with Crippen molar-refractivity contribution in [2.24, 2.45) is 0 Å². The Bertz CT molecular complexity index is 115. The third-order valence-corrected chi connectivity index (χ3v) is 1.77. The molecule has 64 valence electrons. The number of rotatable bonds is 6. The Hall–Kier alpha value is -0.710. The van der Waals surface area contributed by atoms with Gasteiger partial charge in [-0.05, 0) is 6.42 Å². The van der Waals surface area contributed by atoms with E-state index in [0.29, 0.717) is 0 Å². The lowest BCUT2D eigenvalue weighted by Crippen LogP contribution is -2.11. The van der Waals surface area contributed by atoms with E-state index in [1.807, 2.05) is 7.05 Å². The quantitative estimate of drug-likeness (QED) is 0.333. The number of hydrogen-bond acceptors (Lipinski definition) is 2. The Morgan fingerprint density at radius 1 is 1.18 bits per heavy atom. The summed E-state index contributed by atoms with van der Waals surface area (Å²) in [6, 6.07) is 0. The normalized spacial score (nSPS) is 9.18. The lowest BCUT2D eigenvalue weighted by atomic mass is 10.1. The second-order valence-corrected chi connectivity index (χ2v) is 2.94. The number of nitriles is 1. The highest BCUT2D eigenvalue weighted by molar-refractivity contribution is 4.67. The van der Waals surface area contributed by atoms with Crippen LogP contribution in [0, 0.1) is 11.5 Å². The minimum atomic E-state index is 0.917. The molecule has 0 saturated heterocycles. The first-order valence-electron chi connectivity index (χ1n) is 4.42. The molecule has 0 atom stereocenters. The summed E-state index contributed by atoms with van der Waals surface area (Å²) in [5, 5.41) is 8.41. The summed E-state index contributed by atoms with van der Waals surface area (Å²) in [7, 11) is 1.83. The molecule has 0 aromatic heterocycles. The van der Waals surface area contributed by atoms with Crippen molar-refractivity contribution in [3.8, 4) is 6.19 Å². The van der Waals surface area contributed by atoms with Crippen LogP contribution in [0.2, 0.25) is 0 Å². The molecule has 0 amide bonds. The fraction of sp³-hybridized carbons (Fsp3) is 0.889. The highest BCUT2D eigenvalue weighted by Gasteiger charge is 1.92. The summed E-state index contributed by atoms with van der Waals surface area (Å²) < 4.78 is 0. The molecule has 0 heterocycles. The number of nitrogens with zero attached hydrogens (tertiary/aromatic N) is 2. The van der Waals surface area contributed by atoms with E-state index in [2.05, 4.69) is 13.1 Å². The summed E-state index contributed by atoms with van der Waals surface area (Å²) in [5.74, 6) is 0. The van der Waals surface area contributed by atoms with Gasteiger partial charge in [0.25, 0.3) is 0 Å². The van der Waals surface area contributed by atoms with Crippen LogP contribution in [-0.2, 0) is 0 Å². The van der Waals surface area contributed by atoms with Crippen LogP contribution in [0.15, 0.2) is 0 Å². The van der Waals surface area contributed by atoms with Crippen molar-refractivity contribution in [2.75, 3.05) is 13.6 Å². The van der Waals surface area contributed by atoms with Gasteiger partial charge in [-0.3, -0.25) is 0 Å². The van der Waals surface area contributed by atoms with E-state index in [1.165, 1.54) is 25.7 Å². The molecule has 0 saturated carbocycles. The van der Waals surface area contributed by atoms with Crippen LogP contribution in [0.5, 0.6) is 0 Å². The maximum absolute atomic E-state index is 8.41. The van der Waals surface area contributed by atoms with E-state index >= 15 is 0 Å². The predicted octanol–water partition coefficient (Wildman–Crippen LogP) is 2.37. The average Bonchev–Trinajstić information content (AvgIpc) is 2.04. The molecule has 0 N–H and O–H groups in total. The Kier molecular flexibility index (Phi) is 6.92. The summed E-state index contributed by atoms with van der Waals surface area (Å²) in [5.41, 5.74) is 0. The molecule has 0 rings (SSSR count). The standard InChI is InChI=1S/C9H18N2/c1-3-4-5-6-7-8-11(2)9-10/h3-8H2,1-2H3. The van der Waals surface area contributed by atoms with Gasteiger partial charge < -0.3 is 4.90 Å². The van der Waals surface area contributed by atoms with Gasteiger partial charge in [0.1, 0.15) is 0 Å². The fourth-order valence-electron chi connectivity index (χ4n) is 1.00. The van der Waals surface area contributed by atoms with E-state index in [4.69, 9.17) is 5.26 Å². The van der Waals surface area contributed by atoms with Crippen molar-refractivity contribution in [3.63, 3.8) is 0 Å². The van der Waals surface area contributed by atoms with Crippen LogP contribution in [0.1, 0.15) is 39.0 Å².